The molecule has 2 N–H and O–H groups in total. The van der Waals surface area contributed by atoms with Crippen LogP contribution in [0.25, 0.3) is 0 Å². The van der Waals surface area contributed by atoms with E-state index in [9.17, 15) is 14.4 Å². The fourth-order valence-corrected chi connectivity index (χ4v) is 3.56. The molecule has 0 saturated carbocycles. The molecule has 35 heavy (non-hydrogen) atoms. The Morgan fingerprint density at radius 1 is 0.857 bits per heavy atom. The monoisotopic (exact) mass is 475 g/mol. The van der Waals surface area contributed by atoms with Crippen LogP contribution >= 0.6 is 0 Å². The minimum Gasteiger partial charge on any atom is -0.493 e. The Bertz CT molecular complexity index is 1180. The van der Waals surface area contributed by atoms with Gasteiger partial charge in [-0.3, -0.25) is 14.4 Å². The predicted molar refractivity (Wildman–Crippen MR) is 134 cm³/mol. The van der Waals surface area contributed by atoms with Crippen molar-refractivity contribution in [3.05, 3.63) is 89.5 Å². The standard InChI is InChI=1S/C27H29N3O5/c1-30(2)27(33)20-15-23(34-3)24(35-4)16-22(20)28-25(31)17-21(18-11-7-5-8-12-18)29-26(32)19-13-9-6-10-14-19/h5-16,21H,17H2,1-4H3,(H,28,31)(H,29,32). The van der Waals surface area contributed by atoms with E-state index in [2.05, 4.69) is 10.6 Å². The molecule has 182 valence electrons. The maximum atomic E-state index is 13.2. The van der Waals surface area contributed by atoms with Gasteiger partial charge in [0.15, 0.2) is 11.5 Å². The molecule has 0 aliphatic heterocycles. The summed E-state index contributed by atoms with van der Waals surface area (Å²) in [7, 11) is 6.19. The Labute approximate surface area is 204 Å². The molecule has 8 nitrogen and oxygen atoms in total. The van der Waals surface area contributed by atoms with Gasteiger partial charge in [-0.1, -0.05) is 48.5 Å². The van der Waals surface area contributed by atoms with Crippen LogP contribution in [-0.2, 0) is 4.79 Å². The maximum Gasteiger partial charge on any atom is 0.255 e. The summed E-state index contributed by atoms with van der Waals surface area (Å²) in [5.41, 5.74) is 1.81. The zero-order valence-corrected chi connectivity index (χ0v) is 20.2. The SMILES string of the molecule is COc1cc(NC(=O)CC(NC(=O)c2ccccc2)c2ccccc2)c(C(=O)N(C)C)cc1OC. The van der Waals surface area contributed by atoms with Gasteiger partial charge in [-0.15, -0.1) is 0 Å². The average molecular weight is 476 g/mol. The van der Waals surface area contributed by atoms with Gasteiger partial charge < -0.3 is 25.0 Å². The highest BCUT2D eigenvalue weighted by Crippen LogP contribution is 2.34. The summed E-state index contributed by atoms with van der Waals surface area (Å²) in [4.78, 5) is 40.2. The highest BCUT2D eigenvalue weighted by molar-refractivity contribution is 6.04. The van der Waals surface area contributed by atoms with Crippen LogP contribution in [0.4, 0.5) is 5.69 Å². The number of hydrogen-bond acceptors (Lipinski definition) is 5. The number of ether oxygens (including phenoxy) is 2. The fourth-order valence-electron chi connectivity index (χ4n) is 3.56. The first-order valence-corrected chi connectivity index (χ1v) is 11.0. The van der Waals surface area contributed by atoms with E-state index in [-0.39, 0.29) is 35.4 Å². The largest absolute Gasteiger partial charge is 0.493 e. The molecule has 0 saturated heterocycles. The number of benzene rings is 3. The van der Waals surface area contributed by atoms with Crippen LogP contribution in [0.15, 0.2) is 72.8 Å². The van der Waals surface area contributed by atoms with E-state index in [1.807, 2.05) is 36.4 Å². The summed E-state index contributed by atoms with van der Waals surface area (Å²) in [5.74, 6) is -0.240. The average Bonchev–Trinajstić information content (AvgIpc) is 2.88. The van der Waals surface area contributed by atoms with E-state index in [4.69, 9.17) is 9.47 Å². The Balaban J connectivity index is 1.88. The number of amides is 3. The lowest BCUT2D eigenvalue weighted by molar-refractivity contribution is -0.116. The highest BCUT2D eigenvalue weighted by Gasteiger charge is 2.23. The van der Waals surface area contributed by atoms with E-state index >= 15 is 0 Å². The fraction of sp³-hybridized carbons (Fsp3) is 0.222. The second-order valence-corrected chi connectivity index (χ2v) is 8.01. The van der Waals surface area contributed by atoms with Crippen LogP contribution < -0.4 is 20.1 Å². The van der Waals surface area contributed by atoms with E-state index < -0.39 is 6.04 Å². The van der Waals surface area contributed by atoms with Gasteiger partial charge in [-0.2, -0.15) is 0 Å². The normalized spacial score (nSPS) is 11.2. The second-order valence-electron chi connectivity index (χ2n) is 8.01. The Morgan fingerprint density at radius 2 is 1.43 bits per heavy atom. The summed E-state index contributed by atoms with van der Waals surface area (Å²) in [6.45, 7) is 0. The summed E-state index contributed by atoms with van der Waals surface area (Å²) < 4.78 is 10.7. The Kier molecular flexibility index (Phi) is 8.45. The van der Waals surface area contributed by atoms with Gasteiger partial charge in [0.05, 0.1) is 37.9 Å². The molecule has 0 spiro atoms. The third-order valence-electron chi connectivity index (χ3n) is 5.37. The lowest BCUT2D eigenvalue weighted by Crippen LogP contribution is -2.32. The van der Waals surface area contributed by atoms with E-state index in [1.165, 1.54) is 25.2 Å². The van der Waals surface area contributed by atoms with Gasteiger partial charge >= 0.3 is 0 Å². The van der Waals surface area contributed by atoms with Crippen molar-refractivity contribution < 1.29 is 23.9 Å². The molecule has 8 heteroatoms. The topological polar surface area (TPSA) is 97.0 Å². The van der Waals surface area contributed by atoms with Crippen LogP contribution in [0.2, 0.25) is 0 Å². The van der Waals surface area contributed by atoms with Crippen LogP contribution in [-0.4, -0.2) is 50.9 Å². The van der Waals surface area contributed by atoms with Crippen LogP contribution in [0.1, 0.15) is 38.7 Å². The molecular formula is C27H29N3O5. The molecule has 1 atom stereocenters. The van der Waals surface area contributed by atoms with Gasteiger partial charge in [0.2, 0.25) is 5.91 Å². The summed E-state index contributed by atoms with van der Waals surface area (Å²) in [6.07, 6.45) is -0.0491. The molecule has 3 amide bonds. The van der Waals surface area contributed by atoms with Crippen molar-refractivity contribution in [2.75, 3.05) is 33.6 Å². The first kappa shape index (κ1) is 25.3. The van der Waals surface area contributed by atoms with Gasteiger partial charge in [0.25, 0.3) is 11.8 Å². The Hall–Kier alpha value is -4.33. The maximum absolute atomic E-state index is 13.2. The molecule has 1 unspecified atom stereocenters. The van der Waals surface area contributed by atoms with Gasteiger partial charge in [0.1, 0.15) is 0 Å². The van der Waals surface area contributed by atoms with Crippen LogP contribution in [0.3, 0.4) is 0 Å². The summed E-state index contributed by atoms with van der Waals surface area (Å²) in [5, 5.41) is 5.76. The van der Waals surface area contributed by atoms with Crippen molar-refractivity contribution in [3.63, 3.8) is 0 Å². The number of carbonyl (C=O) groups excluding carboxylic acids is 3. The molecule has 3 aromatic rings. The number of anilines is 1. The van der Waals surface area contributed by atoms with Crippen molar-refractivity contribution in [2.24, 2.45) is 0 Å². The third kappa shape index (κ3) is 6.38. The molecule has 0 radical (unpaired) electrons. The van der Waals surface area contributed by atoms with Crippen molar-refractivity contribution in [1.82, 2.24) is 10.2 Å². The van der Waals surface area contributed by atoms with Crippen molar-refractivity contribution in [2.45, 2.75) is 12.5 Å². The summed E-state index contributed by atoms with van der Waals surface area (Å²) in [6, 6.07) is 20.5. The third-order valence-corrected chi connectivity index (χ3v) is 5.37. The number of carbonyl (C=O) groups is 3. The van der Waals surface area contributed by atoms with Gasteiger partial charge in [0, 0.05) is 25.7 Å². The molecule has 0 aliphatic carbocycles. The lowest BCUT2D eigenvalue weighted by Gasteiger charge is -2.21. The molecule has 3 aromatic carbocycles. The van der Waals surface area contributed by atoms with E-state index in [1.54, 1.807) is 44.4 Å². The lowest BCUT2D eigenvalue weighted by atomic mass is 10.0. The predicted octanol–water partition coefficient (Wildman–Crippen LogP) is 3.91. The number of nitrogens with one attached hydrogen (secondary N) is 2. The summed E-state index contributed by atoms with van der Waals surface area (Å²) >= 11 is 0. The number of nitrogens with zero attached hydrogens (tertiary/aromatic N) is 1. The molecule has 0 aliphatic rings. The molecule has 3 rings (SSSR count). The van der Waals surface area contributed by atoms with Crippen LogP contribution in [0.5, 0.6) is 11.5 Å². The number of rotatable bonds is 9. The minimum absolute atomic E-state index is 0.0491. The van der Waals surface area contributed by atoms with E-state index in [0.29, 0.717) is 17.1 Å². The highest BCUT2D eigenvalue weighted by atomic mass is 16.5. The second kappa shape index (κ2) is 11.7. The van der Waals surface area contributed by atoms with Gasteiger partial charge in [-0.05, 0) is 23.8 Å². The number of methoxy groups -OCH3 is 2. The minimum atomic E-state index is -0.586. The zero-order valence-electron chi connectivity index (χ0n) is 20.2. The van der Waals surface area contributed by atoms with E-state index in [0.717, 1.165) is 5.56 Å². The first-order valence-electron chi connectivity index (χ1n) is 11.0. The molecule has 0 aromatic heterocycles. The zero-order chi connectivity index (χ0) is 25.4. The molecule has 0 heterocycles. The first-order chi connectivity index (χ1) is 16.8. The van der Waals surface area contributed by atoms with Crippen molar-refractivity contribution in [1.29, 1.82) is 0 Å². The van der Waals surface area contributed by atoms with Gasteiger partial charge in [-0.25, -0.2) is 0 Å². The van der Waals surface area contributed by atoms with Crippen molar-refractivity contribution >= 4 is 23.4 Å². The Morgan fingerprint density at radius 3 is 2.00 bits per heavy atom. The number of hydrogen-bond donors (Lipinski definition) is 2. The molecule has 0 fully saturated rings. The van der Waals surface area contributed by atoms with Crippen LogP contribution in [0, 0.1) is 0 Å². The molecule has 0 bridgehead atoms. The molecular weight excluding hydrogens is 446 g/mol. The smallest absolute Gasteiger partial charge is 0.255 e. The van der Waals surface area contributed by atoms with Crippen molar-refractivity contribution in [3.8, 4) is 11.5 Å². The quantitative estimate of drug-likeness (QED) is 0.489.